The molecule has 1 atom stereocenters. The van der Waals surface area contributed by atoms with Crippen LogP contribution in [0.4, 0.5) is 5.69 Å². The van der Waals surface area contributed by atoms with Crippen LogP contribution in [0.1, 0.15) is 18.1 Å². The molecule has 3 aromatic rings. The Labute approximate surface area is 149 Å². The highest BCUT2D eigenvalue weighted by Gasteiger charge is 2.17. The molecule has 5 nitrogen and oxygen atoms in total. The Balaban J connectivity index is 1.75. The summed E-state index contributed by atoms with van der Waals surface area (Å²) in [7, 11) is 1.74. The summed E-state index contributed by atoms with van der Waals surface area (Å²) in [6.07, 6.45) is -0.634. The van der Waals surface area contributed by atoms with E-state index in [1.54, 1.807) is 24.6 Å². The van der Waals surface area contributed by atoms with Crippen LogP contribution in [-0.2, 0) is 11.8 Å². The van der Waals surface area contributed by atoms with Crippen molar-refractivity contribution in [1.82, 2.24) is 4.57 Å². The number of aryl methyl sites for hydroxylation is 2. The number of thiazole rings is 1. The van der Waals surface area contributed by atoms with Gasteiger partial charge < -0.3 is 14.6 Å². The maximum Gasteiger partial charge on any atom is 0.307 e. The molecule has 0 aliphatic heterocycles. The van der Waals surface area contributed by atoms with E-state index in [9.17, 15) is 9.59 Å². The number of nitrogens with one attached hydrogen (secondary N) is 1. The van der Waals surface area contributed by atoms with Gasteiger partial charge in [0, 0.05) is 12.7 Å². The van der Waals surface area contributed by atoms with Crippen molar-refractivity contribution >= 4 is 33.1 Å². The van der Waals surface area contributed by atoms with E-state index in [1.165, 1.54) is 0 Å². The van der Waals surface area contributed by atoms with E-state index in [1.807, 2.05) is 44.2 Å². The number of benzene rings is 2. The van der Waals surface area contributed by atoms with Crippen LogP contribution in [0.25, 0.3) is 10.2 Å². The van der Waals surface area contributed by atoms with E-state index in [0.717, 1.165) is 32.7 Å². The van der Waals surface area contributed by atoms with Crippen LogP contribution in [-0.4, -0.2) is 16.6 Å². The van der Waals surface area contributed by atoms with Gasteiger partial charge in [-0.15, -0.1) is 0 Å². The van der Waals surface area contributed by atoms with Gasteiger partial charge in [-0.3, -0.25) is 9.59 Å². The molecule has 130 valence electrons. The average molecular weight is 356 g/mol. The standard InChI is InChI=1S/C19H20N2O3S/c1-11-6-5-7-16(12(11)2)24-13(3)18(22)20-14-8-9-15-17(10-14)25-19(23)21(15)4/h5-10,13H,1-4H3,(H,20,22)/t13-/m0/s1. The fourth-order valence-electron chi connectivity index (χ4n) is 2.55. The highest BCUT2D eigenvalue weighted by Crippen LogP contribution is 2.23. The molecule has 25 heavy (non-hydrogen) atoms. The van der Waals surface area contributed by atoms with Crippen LogP contribution in [0.3, 0.4) is 0 Å². The van der Waals surface area contributed by atoms with Crippen LogP contribution < -0.4 is 14.9 Å². The van der Waals surface area contributed by atoms with Gasteiger partial charge in [-0.1, -0.05) is 23.5 Å². The predicted octanol–water partition coefficient (Wildman–Crippen LogP) is 3.62. The third-order valence-electron chi connectivity index (χ3n) is 4.29. The van der Waals surface area contributed by atoms with Crippen LogP contribution >= 0.6 is 11.3 Å². The van der Waals surface area contributed by atoms with Crippen molar-refractivity contribution in [3.8, 4) is 5.75 Å². The maximum atomic E-state index is 12.4. The highest BCUT2D eigenvalue weighted by molar-refractivity contribution is 7.16. The van der Waals surface area contributed by atoms with E-state index >= 15 is 0 Å². The van der Waals surface area contributed by atoms with Gasteiger partial charge in [0.15, 0.2) is 6.10 Å². The van der Waals surface area contributed by atoms with Gasteiger partial charge in [-0.25, -0.2) is 0 Å². The maximum absolute atomic E-state index is 12.4. The molecule has 1 amide bonds. The first-order chi connectivity index (χ1) is 11.9. The van der Waals surface area contributed by atoms with Gasteiger partial charge in [0.05, 0.1) is 10.2 Å². The van der Waals surface area contributed by atoms with Crippen LogP contribution in [0.15, 0.2) is 41.2 Å². The number of nitrogens with zero attached hydrogens (tertiary/aromatic N) is 1. The second-order valence-electron chi connectivity index (χ2n) is 6.06. The summed E-state index contributed by atoms with van der Waals surface area (Å²) in [6, 6.07) is 11.2. The summed E-state index contributed by atoms with van der Waals surface area (Å²) in [5.41, 5.74) is 3.65. The van der Waals surface area contributed by atoms with Crippen molar-refractivity contribution in [1.29, 1.82) is 0 Å². The molecule has 1 aromatic heterocycles. The molecule has 0 saturated carbocycles. The minimum Gasteiger partial charge on any atom is -0.481 e. The van der Waals surface area contributed by atoms with Crippen molar-refractivity contribution in [2.24, 2.45) is 7.05 Å². The normalized spacial score (nSPS) is 12.2. The lowest BCUT2D eigenvalue weighted by atomic mass is 10.1. The van der Waals surface area contributed by atoms with Crippen molar-refractivity contribution in [3.05, 3.63) is 57.2 Å². The Kier molecular flexibility index (Phi) is 4.63. The lowest BCUT2D eigenvalue weighted by molar-refractivity contribution is -0.122. The van der Waals surface area contributed by atoms with Gasteiger partial charge in [0.25, 0.3) is 5.91 Å². The number of anilines is 1. The molecule has 0 fully saturated rings. The Morgan fingerprint density at radius 3 is 2.76 bits per heavy atom. The lowest BCUT2D eigenvalue weighted by Gasteiger charge is -2.17. The predicted molar refractivity (Wildman–Crippen MR) is 102 cm³/mol. The van der Waals surface area contributed by atoms with Crippen LogP contribution in [0.2, 0.25) is 0 Å². The number of hydrogen-bond acceptors (Lipinski definition) is 4. The molecule has 0 spiro atoms. The van der Waals surface area contributed by atoms with Gasteiger partial charge in [-0.05, 0) is 56.2 Å². The van der Waals surface area contributed by atoms with Gasteiger partial charge in [0.2, 0.25) is 0 Å². The molecule has 0 aliphatic carbocycles. The number of amides is 1. The summed E-state index contributed by atoms with van der Waals surface area (Å²) in [4.78, 5) is 24.1. The molecule has 3 rings (SSSR count). The number of carbonyl (C=O) groups excluding carboxylic acids is 1. The second-order valence-corrected chi connectivity index (χ2v) is 7.05. The van der Waals surface area contributed by atoms with Crippen molar-refractivity contribution < 1.29 is 9.53 Å². The van der Waals surface area contributed by atoms with Crippen molar-refractivity contribution in [2.75, 3.05) is 5.32 Å². The Bertz CT molecular complexity index is 1000. The zero-order valence-corrected chi connectivity index (χ0v) is 15.4. The first-order valence-electron chi connectivity index (χ1n) is 8.00. The van der Waals surface area contributed by atoms with Gasteiger partial charge >= 0.3 is 4.87 Å². The fourth-order valence-corrected chi connectivity index (χ4v) is 3.47. The second kappa shape index (κ2) is 6.72. The summed E-state index contributed by atoms with van der Waals surface area (Å²) in [5, 5.41) is 2.85. The quantitative estimate of drug-likeness (QED) is 0.777. The summed E-state index contributed by atoms with van der Waals surface area (Å²) in [5.74, 6) is 0.475. The lowest BCUT2D eigenvalue weighted by Crippen LogP contribution is -2.30. The number of fused-ring (bicyclic) bond motifs is 1. The molecular weight excluding hydrogens is 336 g/mol. The first-order valence-corrected chi connectivity index (χ1v) is 8.82. The zero-order valence-electron chi connectivity index (χ0n) is 14.6. The number of aromatic nitrogens is 1. The third-order valence-corrected chi connectivity index (χ3v) is 5.28. The molecule has 0 bridgehead atoms. The Hall–Kier alpha value is -2.60. The monoisotopic (exact) mass is 356 g/mol. The number of ether oxygens (including phenoxy) is 1. The van der Waals surface area contributed by atoms with Crippen LogP contribution in [0.5, 0.6) is 5.75 Å². The molecule has 0 aliphatic rings. The minimum atomic E-state index is -0.634. The number of carbonyl (C=O) groups is 1. The zero-order chi connectivity index (χ0) is 18.1. The molecular formula is C19H20N2O3S. The summed E-state index contributed by atoms with van der Waals surface area (Å²) < 4.78 is 8.24. The molecule has 0 radical (unpaired) electrons. The van der Waals surface area contributed by atoms with E-state index in [2.05, 4.69) is 5.32 Å². The van der Waals surface area contributed by atoms with Gasteiger partial charge in [-0.2, -0.15) is 0 Å². The number of hydrogen-bond donors (Lipinski definition) is 1. The van der Waals surface area contributed by atoms with Crippen molar-refractivity contribution in [2.45, 2.75) is 26.9 Å². The summed E-state index contributed by atoms with van der Waals surface area (Å²) >= 11 is 1.16. The van der Waals surface area contributed by atoms with E-state index < -0.39 is 6.10 Å². The first kappa shape index (κ1) is 17.2. The number of rotatable bonds is 4. The Morgan fingerprint density at radius 1 is 1.24 bits per heavy atom. The topological polar surface area (TPSA) is 60.3 Å². The smallest absolute Gasteiger partial charge is 0.307 e. The molecule has 0 unspecified atom stereocenters. The minimum absolute atomic E-state index is 0.0231. The molecule has 1 heterocycles. The largest absolute Gasteiger partial charge is 0.481 e. The van der Waals surface area contributed by atoms with E-state index in [4.69, 9.17) is 4.74 Å². The molecule has 0 saturated heterocycles. The molecule has 6 heteroatoms. The molecule has 1 N–H and O–H groups in total. The Morgan fingerprint density at radius 2 is 2.00 bits per heavy atom. The van der Waals surface area contributed by atoms with E-state index in [0.29, 0.717) is 11.4 Å². The van der Waals surface area contributed by atoms with E-state index in [-0.39, 0.29) is 10.8 Å². The SMILES string of the molecule is Cc1cccc(O[C@@H](C)C(=O)Nc2ccc3c(c2)sc(=O)n3C)c1C. The summed E-state index contributed by atoms with van der Waals surface area (Å²) in [6.45, 7) is 5.70. The average Bonchev–Trinajstić information content (AvgIpc) is 2.85. The fraction of sp³-hybridized carbons (Fsp3) is 0.263. The van der Waals surface area contributed by atoms with Gasteiger partial charge in [0.1, 0.15) is 5.75 Å². The van der Waals surface area contributed by atoms with Crippen molar-refractivity contribution in [3.63, 3.8) is 0 Å². The third kappa shape index (κ3) is 3.44. The highest BCUT2D eigenvalue weighted by atomic mass is 32.1. The van der Waals surface area contributed by atoms with Crippen LogP contribution in [0, 0.1) is 13.8 Å². The molecule has 2 aromatic carbocycles.